The van der Waals surface area contributed by atoms with E-state index in [1.807, 2.05) is 25.7 Å². The Labute approximate surface area is 119 Å². The summed E-state index contributed by atoms with van der Waals surface area (Å²) >= 11 is 5.99. The molecule has 1 rings (SSSR count). The fourth-order valence-corrected chi connectivity index (χ4v) is 2.04. The molecule has 1 amide bonds. The van der Waals surface area contributed by atoms with Crippen molar-refractivity contribution in [2.45, 2.75) is 33.4 Å². The van der Waals surface area contributed by atoms with Gasteiger partial charge in [0.15, 0.2) is 0 Å². The van der Waals surface area contributed by atoms with Crippen molar-refractivity contribution in [1.29, 1.82) is 0 Å². The van der Waals surface area contributed by atoms with E-state index in [1.165, 1.54) is 0 Å². The average Bonchev–Trinajstić information content (AvgIpc) is 2.35. The van der Waals surface area contributed by atoms with Crippen molar-refractivity contribution in [2.24, 2.45) is 0 Å². The maximum atomic E-state index is 11.8. The van der Waals surface area contributed by atoms with Gasteiger partial charge in [-0.1, -0.05) is 17.7 Å². The Balaban J connectivity index is 2.90. The van der Waals surface area contributed by atoms with E-state index in [1.54, 1.807) is 18.2 Å². The Kier molecular flexibility index (Phi) is 6.12. The maximum Gasteiger partial charge on any atom is 0.239 e. The van der Waals surface area contributed by atoms with E-state index in [2.05, 4.69) is 5.32 Å². The lowest BCUT2D eigenvalue weighted by Crippen LogP contribution is -2.40. The molecule has 19 heavy (non-hydrogen) atoms. The van der Waals surface area contributed by atoms with E-state index in [9.17, 15) is 9.90 Å². The van der Waals surface area contributed by atoms with Crippen LogP contribution in [0.25, 0.3) is 0 Å². The number of nitrogens with zero attached hydrogens (tertiary/aromatic N) is 1. The topological polar surface area (TPSA) is 52.6 Å². The molecule has 0 aliphatic carbocycles. The summed E-state index contributed by atoms with van der Waals surface area (Å²) in [6.45, 7) is 6.65. The van der Waals surface area contributed by atoms with Gasteiger partial charge in [0.1, 0.15) is 0 Å². The highest BCUT2D eigenvalue weighted by Crippen LogP contribution is 2.24. The first kappa shape index (κ1) is 15.8. The number of rotatable bonds is 6. The van der Waals surface area contributed by atoms with Crippen LogP contribution >= 0.6 is 11.6 Å². The second-order valence-electron chi connectivity index (χ2n) is 4.67. The van der Waals surface area contributed by atoms with Crippen molar-refractivity contribution in [2.75, 3.05) is 18.0 Å². The number of anilines is 1. The van der Waals surface area contributed by atoms with Crippen molar-refractivity contribution in [3.63, 3.8) is 0 Å². The fraction of sp³-hybridized carbons (Fsp3) is 0.500. The molecule has 0 saturated heterocycles. The molecule has 0 saturated carbocycles. The standard InChI is InChI=1S/C14H21ClN2O2/c1-4-17(8-14(19)16-10(2)3)13-7-12(15)6-5-11(13)9-18/h5-7,10,18H,4,8-9H2,1-3H3,(H,16,19). The molecule has 0 aromatic heterocycles. The predicted octanol–water partition coefficient (Wildman–Crippen LogP) is 2.18. The third kappa shape index (κ3) is 4.73. The summed E-state index contributed by atoms with van der Waals surface area (Å²) in [6.07, 6.45) is 0. The third-order valence-corrected chi connectivity index (χ3v) is 2.96. The summed E-state index contributed by atoms with van der Waals surface area (Å²) in [7, 11) is 0. The van der Waals surface area contributed by atoms with Crippen LogP contribution in [0.3, 0.4) is 0 Å². The van der Waals surface area contributed by atoms with Crippen molar-refractivity contribution < 1.29 is 9.90 Å². The number of hydrogen-bond acceptors (Lipinski definition) is 3. The van der Waals surface area contributed by atoms with Gasteiger partial charge >= 0.3 is 0 Å². The fourth-order valence-electron chi connectivity index (χ4n) is 1.87. The van der Waals surface area contributed by atoms with Gasteiger partial charge in [0.25, 0.3) is 0 Å². The number of hydrogen-bond donors (Lipinski definition) is 2. The number of likely N-dealkylation sites (N-methyl/N-ethyl adjacent to an activating group) is 1. The first-order chi connectivity index (χ1) is 8.97. The Morgan fingerprint density at radius 2 is 2.16 bits per heavy atom. The van der Waals surface area contributed by atoms with E-state index < -0.39 is 0 Å². The lowest BCUT2D eigenvalue weighted by molar-refractivity contribution is -0.120. The number of carbonyl (C=O) groups is 1. The van der Waals surface area contributed by atoms with E-state index in [0.717, 1.165) is 11.3 Å². The smallest absolute Gasteiger partial charge is 0.239 e. The number of aliphatic hydroxyl groups excluding tert-OH is 1. The van der Waals surface area contributed by atoms with Crippen LogP contribution in [0.5, 0.6) is 0 Å². The van der Waals surface area contributed by atoms with Gasteiger partial charge in [0.05, 0.1) is 13.2 Å². The number of carbonyl (C=O) groups excluding carboxylic acids is 1. The zero-order valence-electron chi connectivity index (χ0n) is 11.6. The number of nitrogens with one attached hydrogen (secondary N) is 1. The van der Waals surface area contributed by atoms with Crippen LogP contribution in [0.4, 0.5) is 5.69 Å². The lowest BCUT2D eigenvalue weighted by Gasteiger charge is -2.25. The van der Waals surface area contributed by atoms with E-state index in [0.29, 0.717) is 11.6 Å². The average molecular weight is 285 g/mol. The molecule has 1 aromatic carbocycles. The largest absolute Gasteiger partial charge is 0.392 e. The van der Waals surface area contributed by atoms with Crippen LogP contribution in [0.2, 0.25) is 5.02 Å². The van der Waals surface area contributed by atoms with Crippen LogP contribution < -0.4 is 10.2 Å². The van der Waals surface area contributed by atoms with Gasteiger partial charge in [0.2, 0.25) is 5.91 Å². The molecule has 0 radical (unpaired) electrons. The number of benzene rings is 1. The van der Waals surface area contributed by atoms with E-state index in [4.69, 9.17) is 11.6 Å². The molecule has 5 heteroatoms. The van der Waals surface area contributed by atoms with Crippen LogP contribution in [0.15, 0.2) is 18.2 Å². The van der Waals surface area contributed by atoms with Gasteiger partial charge in [-0.05, 0) is 32.9 Å². The molecular weight excluding hydrogens is 264 g/mol. The molecule has 0 aliphatic heterocycles. The van der Waals surface area contributed by atoms with Crippen LogP contribution in [0, 0.1) is 0 Å². The van der Waals surface area contributed by atoms with Crippen LogP contribution in [-0.4, -0.2) is 30.1 Å². The summed E-state index contributed by atoms with van der Waals surface area (Å²) in [5.74, 6) is -0.0410. The van der Waals surface area contributed by atoms with Crippen molar-refractivity contribution >= 4 is 23.2 Å². The highest BCUT2D eigenvalue weighted by atomic mass is 35.5. The molecule has 0 spiro atoms. The monoisotopic (exact) mass is 284 g/mol. The summed E-state index contributed by atoms with van der Waals surface area (Å²) in [4.78, 5) is 13.7. The van der Waals surface area contributed by atoms with Crippen molar-refractivity contribution in [1.82, 2.24) is 5.32 Å². The first-order valence-corrected chi connectivity index (χ1v) is 6.79. The van der Waals surface area contributed by atoms with Gasteiger partial charge in [-0.3, -0.25) is 4.79 Å². The maximum absolute atomic E-state index is 11.8. The highest BCUT2D eigenvalue weighted by Gasteiger charge is 2.14. The summed E-state index contributed by atoms with van der Waals surface area (Å²) in [6, 6.07) is 5.40. The van der Waals surface area contributed by atoms with Crippen LogP contribution in [-0.2, 0) is 11.4 Å². The minimum atomic E-state index is -0.0746. The summed E-state index contributed by atoms with van der Waals surface area (Å²) < 4.78 is 0. The minimum absolute atomic E-state index is 0.0410. The molecule has 0 heterocycles. The second-order valence-corrected chi connectivity index (χ2v) is 5.10. The Morgan fingerprint density at radius 3 is 2.68 bits per heavy atom. The van der Waals surface area contributed by atoms with Crippen molar-refractivity contribution in [3.05, 3.63) is 28.8 Å². The highest BCUT2D eigenvalue weighted by molar-refractivity contribution is 6.30. The summed E-state index contributed by atoms with van der Waals surface area (Å²) in [5, 5.41) is 12.8. The second kappa shape index (κ2) is 7.36. The molecule has 0 fully saturated rings. The van der Waals surface area contributed by atoms with E-state index >= 15 is 0 Å². The SMILES string of the molecule is CCN(CC(=O)NC(C)C)c1cc(Cl)ccc1CO. The van der Waals surface area contributed by atoms with E-state index in [-0.39, 0.29) is 25.1 Å². The van der Waals surface area contributed by atoms with Gasteiger partial charge in [-0.25, -0.2) is 0 Å². The number of halogens is 1. The van der Waals surface area contributed by atoms with Crippen LogP contribution in [0.1, 0.15) is 26.3 Å². The normalized spacial score (nSPS) is 10.6. The Hall–Kier alpha value is -1.26. The Bertz CT molecular complexity index is 435. The van der Waals surface area contributed by atoms with Crippen molar-refractivity contribution in [3.8, 4) is 0 Å². The molecule has 0 bridgehead atoms. The van der Waals surface area contributed by atoms with Gasteiger partial charge < -0.3 is 15.3 Å². The van der Waals surface area contributed by atoms with Gasteiger partial charge in [-0.15, -0.1) is 0 Å². The Morgan fingerprint density at radius 1 is 1.47 bits per heavy atom. The molecule has 0 atom stereocenters. The molecule has 0 unspecified atom stereocenters. The molecule has 2 N–H and O–H groups in total. The molecule has 106 valence electrons. The van der Waals surface area contributed by atoms with Gasteiger partial charge in [0, 0.05) is 28.9 Å². The molecule has 4 nitrogen and oxygen atoms in total. The van der Waals surface area contributed by atoms with Gasteiger partial charge in [-0.2, -0.15) is 0 Å². The predicted molar refractivity (Wildman–Crippen MR) is 78.5 cm³/mol. The molecular formula is C14H21ClN2O2. The molecule has 1 aromatic rings. The first-order valence-electron chi connectivity index (χ1n) is 6.41. The quantitative estimate of drug-likeness (QED) is 0.842. The zero-order valence-corrected chi connectivity index (χ0v) is 12.4. The number of aliphatic hydroxyl groups is 1. The third-order valence-electron chi connectivity index (χ3n) is 2.72. The zero-order chi connectivity index (χ0) is 14.4. The number of amides is 1. The lowest BCUT2D eigenvalue weighted by atomic mass is 10.1. The minimum Gasteiger partial charge on any atom is -0.392 e. The molecule has 0 aliphatic rings. The summed E-state index contributed by atoms with van der Waals surface area (Å²) in [5.41, 5.74) is 1.57.